The van der Waals surface area contributed by atoms with Crippen LogP contribution in [0.1, 0.15) is 9.81 Å². The molecule has 1 aromatic carbocycles. The molecule has 27 heavy (non-hydrogen) atoms. The van der Waals surface area contributed by atoms with Gasteiger partial charge in [-0.3, -0.25) is 9.19 Å². The number of pyridine rings is 1. The Labute approximate surface area is 182 Å². The van der Waals surface area contributed by atoms with Crippen LogP contribution in [-0.4, -0.2) is 69.5 Å². The first-order valence-corrected chi connectivity index (χ1v) is 8.52. The number of nitrogens with zero attached hydrogens (tertiary/aromatic N) is 2. The van der Waals surface area contributed by atoms with Crippen molar-refractivity contribution in [2.24, 2.45) is 0 Å². The van der Waals surface area contributed by atoms with Gasteiger partial charge in [0, 0.05) is 47.9 Å². The summed E-state index contributed by atoms with van der Waals surface area (Å²) in [4.78, 5) is 11.1. The summed E-state index contributed by atoms with van der Waals surface area (Å²) in [6.07, 6.45) is 1.31. The third-order valence-electron chi connectivity index (χ3n) is 3.40. The number of H-pyrrole nitrogens is 1. The molecule has 0 unspecified atom stereocenters. The van der Waals surface area contributed by atoms with E-state index < -0.39 is 24.4 Å². The molecule has 0 bridgehead atoms. The van der Waals surface area contributed by atoms with Crippen LogP contribution in [0.3, 0.4) is 0 Å². The van der Waals surface area contributed by atoms with Gasteiger partial charge in [0.15, 0.2) is 16.7 Å². The van der Waals surface area contributed by atoms with Crippen LogP contribution in [0.4, 0.5) is 8.78 Å². The van der Waals surface area contributed by atoms with Gasteiger partial charge in [-0.1, -0.05) is 0 Å². The molecule has 0 aliphatic rings. The molecule has 3 rings (SSSR count). The zero-order chi connectivity index (χ0) is 21.2. The maximum atomic E-state index is 12.7. The van der Waals surface area contributed by atoms with Gasteiger partial charge in [0.25, 0.3) is 0 Å². The van der Waals surface area contributed by atoms with Gasteiger partial charge in [0.05, 0.1) is 51.5 Å². The van der Waals surface area contributed by atoms with Crippen molar-refractivity contribution in [2.75, 3.05) is 14.1 Å². The summed E-state index contributed by atoms with van der Waals surface area (Å²) < 4.78 is 73.4. The largest absolute Gasteiger partial charge is 0.493 e. The molecule has 3 aromatic rings. The van der Waals surface area contributed by atoms with Gasteiger partial charge in [-0.2, -0.15) is 8.78 Å². The minimum Gasteiger partial charge on any atom is -0.493 e. The van der Waals surface area contributed by atoms with E-state index in [1.54, 1.807) is 0 Å². The topological polar surface area (TPSA) is 86.3 Å². The van der Waals surface area contributed by atoms with Crippen LogP contribution < -0.4 is 14.2 Å². The first-order chi connectivity index (χ1) is 13.7. The summed E-state index contributed by atoms with van der Waals surface area (Å²) in [6, 6.07) is 5.41. The Bertz CT molecular complexity index is 1050. The van der Waals surface area contributed by atoms with Gasteiger partial charge >= 0.3 is 6.61 Å². The van der Waals surface area contributed by atoms with Gasteiger partial charge in [0.2, 0.25) is 0 Å². The quantitative estimate of drug-likeness (QED) is 0.604. The molecular weight excluding hydrogens is 391 g/mol. The zero-order valence-electron chi connectivity index (χ0n) is 17.4. The monoisotopic (exact) mass is 409 g/mol. The molecule has 2 aromatic heterocycles. The van der Waals surface area contributed by atoms with Crippen molar-refractivity contribution in [2.45, 2.75) is 17.5 Å². The molecule has 1 radical (unpaired) electrons. The van der Waals surface area contributed by atoms with E-state index in [1.165, 1.54) is 37.6 Å². The molecule has 7 nitrogen and oxygen atoms in total. The maximum absolute atomic E-state index is 12.7. The minimum atomic E-state index is -2.97. The number of hydrogen-bond acceptors (Lipinski definition) is 6. The molecule has 0 spiro atoms. The van der Waals surface area contributed by atoms with Crippen LogP contribution in [0.25, 0.3) is 11.0 Å². The molecule has 0 saturated heterocycles. The Morgan fingerprint density at radius 1 is 1.33 bits per heavy atom. The summed E-state index contributed by atoms with van der Waals surface area (Å²) in [5.41, 5.74) is 0.982. The van der Waals surface area contributed by atoms with E-state index in [1.807, 2.05) is 0 Å². The summed E-state index contributed by atoms with van der Waals surface area (Å²) in [5.74, 6) is -0.235. The minimum absolute atomic E-state index is 0. The van der Waals surface area contributed by atoms with Gasteiger partial charge in [-0.15, -0.1) is 0 Å². The maximum Gasteiger partial charge on any atom is 0.387 e. The van der Waals surface area contributed by atoms with Crippen LogP contribution in [0.2, 0.25) is 0 Å². The average molecular weight is 409 g/mol. The van der Waals surface area contributed by atoms with Crippen LogP contribution in [0, 0.1) is 0 Å². The second kappa shape index (κ2) is 9.45. The Kier molecular flexibility index (Phi) is 6.07. The molecule has 0 saturated carbocycles. The summed E-state index contributed by atoms with van der Waals surface area (Å²) >= 11 is 0. The van der Waals surface area contributed by atoms with Gasteiger partial charge in [-0.25, -0.2) is 4.98 Å². The first-order valence-electron chi connectivity index (χ1n) is 8.70. The molecule has 11 heteroatoms. The van der Waals surface area contributed by atoms with E-state index in [-0.39, 0.29) is 63.4 Å². The third-order valence-corrected chi connectivity index (χ3v) is 4.56. The van der Waals surface area contributed by atoms with Crippen molar-refractivity contribution in [3.05, 3.63) is 36.2 Å². The molecule has 139 valence electrons. The van der Waals surface area contributed by atoms with Crippen molar-refractivity contribution < 1.29 is 31.3 Å². The first kappa shape index (κ1) is 17.4. The fourth-order valence-corrected chi connectivity index (χ4v) is 3.33. The van der Waals surface area contributed by atoms with Crippen LogP contribution in [0.15, 0.2) is 35.6 Å². The number of aromatic nitrogens is 3. The summed E-state index contributed by atoms with van der Waals surface area (Å²) in [6.45, 7) is -2.97. The average Bonchev–Trinajstić information content (AvgIpc) is 3.03. The number of rotatable bonds is 7. The Morgan fingerprint density at radius 3 is 2.85 bits per heavy atom. The van der Waals surface area contributed by atoms with E-state index in [0.717, 1.165) is 0 Å². The number of benzene rings is 1. The van der Waals surface area contributed by atoms with Crippen LogP contribution >= 0.6 is 0 Å². The van der Waals surface area contributed by atoms with E-state index >= 15 is 0 Å². The second-order valence-electron chi connectivity index (χ2n) is 4.98. The number of alkyl halides is 2. The number of ether oxygens (including phenoxy) is 3. The van der Waals surface area contributed by atoms with Crippen molar-refractivity contribution >= 4 is 51.4 Å². The number of halogens is 2. The number of nitrogens with one attached hydrogen (secondary N) is 1. The molecule has 1 atom stereocenters. The predicted octanol–water partition coefficient (Wildman–Crippen LogP) is 2.50. The smallest absolute Gasteiger partial charge is 0.387 e. The van der Waals surface area contributed by atoms with Crippen molar-refractivity contribution in [3.63, 3.8) is 0 Å². The molecule has 0 aliphatic heterocycles. The summed E-state index contributed by atoms with van der Waals surface area (Å²) in [7, 11) is -3.11. The molecule has 0 fully saturated rings. The molecule has 0 aliphatic carbocycles. The van der Waals surface area contributed by atoms with E-state index in [0.29, 0.717) is 11.0 Å². The number of aromatic amines is 1. The number of hydrogen-bond donors (Lipinski definition) is 1. The molecule has 0 amide bonds. The molecule has 1 N–H and O–H groups in total. The van der Waals surface area contributed by atoms with E-state index in [9.17, 15) is 13.0 Å². The number of imidazole rings is 1. The number of methoxy groups -OCH3 is 2. The van der Waals surface area contributed by atoms with E-state index in [2.05, 4.69) is 19.7 Å². The van der Waals surface area contributed by atoms with Crippen LogP contribution in [0.5, 0.6) is 17.2 Å². The summed E-state index contributed by atoms with van der Waals surface area (Å²) in [5, 5.41) is 0.0835. The third kappa shape index (κ3) is 4.95. The van der Waals surface area contributed by atoms with E-state index in [4.69, 9.17) is 13.6 Å². The Hall–Kier alpha value is -1.75. The molecule has 2 heterocycles. The van der Waals surface area contributed by atoms with Gasteiger partial charge in [0.1, 0.15) is 5.75 Å². The standard InChI is InChI=1S/C16H15F2N3O4S.Na/c1-23-13-5-6-19-12(14(13)24-2)8-26(22)16-20-10-4-3-9(25-15(17)18)7-11(10)21-16;/h3-7,15H,8H2,1-2H3,(H,20,21);/t26-;/m1./s1/i1D3;. The predicted molar refractivity (Wildman–Crippen MR) is 95.9 cm³/mol. The number of fused-ring (bicyclic) bond motifs is 1. The normalized spacial score (nSPS) is 14.0. The Morgan fingerprint density at radius 2 is 2.15 bits per heavy atom. The van der Waals surface area contributed by atoms with Crippen molar-refractivity contribution in [1.82, 2.24) is 15.0 Å². The fourth-order valence-electron chi connectivity index (χ4n) is 2.31. The van der Waals surface area contributed by atoms with Crippen molar-refractivity contribution in [3.8, 4) is 17.2 Å². The van der Waals surface area contributed by atoms with Crippen LogP contribution in [-0.2, 0) is 16.6 Å². The van der Waals surface area contributed by atoms with Gasteiger partial charge in [-0.05, 0) is 12.1 Å². The zero-order valence-corrected chi connectivity index (χ0v) is 17.2. The van der Waals surface area contributed by atoms with Crippen molar-refractivity contribution in [1.29, 1.82) is 0 Å². The Balaban J connectivity index is 0.00000320. The molecular formula is C16H15F2N3NaO4S. The fraction of sp³-hybridized carbons (Fsp3) is 0.250. The van der Waals surface area contributed by atoms with Gasteiger partial charge < -0.3 is 19.2 Å². The second-order valence-corrected chi connectivity index (χ2v) is 6.35. The SMILES string of the molecule is [2H]C([2H])([2H])Oc1ccnc(C[S@@](=O)c2nc3ccc(OC(F)F)cc3[nH]2)c1OC.[Na].